The molecule has 0 aliphatic heterocycles. The van der Waals surface area contributed by atoms with E-state index in [1.54, 1.807) is 26.2 Å². The van der Waals surface area contributed by atoms with Crippen molar-refractivity contribution in [3.63, 3.8) is 0 Å². The van der Waals surface area contributed by atoms with E-state index in [-0.39, 0.29) is 0 Å². The Balaban J connectivity index is 2.86. The largest absolute Gasteiger partial charge is 0.497 e. The van der Waals surface area contributed by atoms with Crippen LogP contribution in [0.1, 0.15) is 12.5 Å². The lowest BCUT2D eigenvalue weighted by Gasteiger charge is -2.14. The molecule has 0 saturated carbocycles. The zero-order valence-corrected chi connectivity index (χ0v) is 10.2. The molecule has 0 aromatic heterocycles. The van der Waals surface area contributed by atoms with Crippen LogP contribution in [-0.4, -0.2) is 26.3 Å². The first-order chi connectivity index (χ1) is 8.10. The highest BCUT2D eigenvalue weighted by molar-refractivity contribution is 5.74. The molecule has 1 aromatic rings. The fourth-order valence-electron chi connectivity index (χ4n) is 1.35. The number of methoxy groups -OCH3 is 2. The highest BCUT2D eigenvalue weighted by atomic mass is 16.6. The summed E-state index contributed by atoms with van der Waals surface area (Å²) in [6.07, 6.45) is -0.669. The Hall–Kier alpha value is -1.75. The number of nitrogens with two attached hydrogens (primary N) is 1. The van der Waals surface area contributed by atoms with Gasteiger partial charge in [0.15, 0.2) is 6.10 Å². The van der Waals surface area contributed by atoms with Gasteiger partial charge in [0.25, 0.3) is 0 Å². The van der Waals surface area contributed by atoms with E-state index in [9.17, 15) is 4.79 Å². The molecule has 1 rings (SSSR count). The molecule has 2 N–H and O–H groups in total. The van der Waals surface area contributed by atoms with Gasteiger partial charge in [-0.3, -0.25) is 0 Å². The number of rotatable bonds is 5. The van der Waals surface area contributed by atoms with E-state index in [0.717, 1.165) is 5.56 Å². The monoisotopic (exact) mass is 239 g/mol. The lowest BCUT2D eigenvalue weighted by Crippen LogP contribution is -2.24. The molecule has 0 aliphatic rings. The zero-order chi connectivity index (χ0) is 12.8. The Morgan fingerprint density at radius 1 is 1.29 bits per heavy atom. The molecule has 1 unspecified atom stereocenters. The van der Waals surface area contributed by atoms with Gasteiger partial charge in [0.05, 0.1) is 14.2 Å². The topological polar surface area (TPSA) is 70.8 Å². The normalized spacial score (nSPS) is 11.8. The average Bonchev–Trinajstić information content (AvgIpc) is 2.36. The lowest BCUT2D eigenvalue weighted by molar-refractivity contribution is -0.147. The summed E-state index contributed by atoms with van der Waals surface area (Å²) < 4.78 is 15.1. The average molecular weight is 239 g/mol. The molecule has 0 saturated heterocycles. The van der Waals surface area contributed by atoms with Gasteiger partial charge in [0.1, 0.15) is 11.5 Å². The fourth-order valence-corrected chi connectivity index (χ4v) is 1.35. The smallest absolute Gasteiger partial charge is 0.346 e. The maximum absolute atomic E-state index is 11.2. The molecule has 1 atom stereocenters. The third-order valence-electron chi connectivity index (χ3n) is 2.26. The molecular weight excluding hydrogens is 222 g/mol. The molecular formula is C12H17NO4. The van der Waals surface area contributed by atoms with E-state index in [1.165, 1.54) is 7.11 Å². The summed E-state index contributed by atoms with van der Waals surface area (Å²) in [4.78, 5) is 11.2. The first-order valence-electron chi connectivity index (χ1n) is 5.23. The summed E-state index contributed by atoms with van der Waals surface area (Å²) in [5.74, 6) is 0.741. The van der Waals surface area contributed by atoms with Crippen LogP contribution in [0, 0.1) is 0 Å². The van der Waals surface area contributed by atoms with Crippen LogP contribution in [0.3, 0.4) is 0 Å². The van der Waals surface area contributed by atoms with E-state index in [1.807, 2.05) is 6.07 Å². The maximum Gasteiger partial charge on any atom is 0.346 e. The molecule has 0 radical (unpaired) electrons. The van der Waals surface area contributed by atoms with Crippen LogP contribution in [0.15, 0.2) is 18.2 Å². The van der Waals surface area contributed by atoms with E-state index < -0.39 is 12.1 Å². The van der Waals surface area contributed by atoms with Crippen LogP contribution in [0.2, 0.25) is 0 Å². The Kier molecular flexibility index (Phi) is 4.78. The third-order valence-corrected chi connectivity index (χ3v) is 2.26. The number of hydrogen-bond acceptors (Lipinski definition) is 5. The summed E-state index contributed by atoms with van der Waals surface area (Å²) in [6, 6.07) is 5.27. The van der Waals surface area contributed by atoms with Gasteiger partial charge in [-0.2, -0.15) is 0 Å². The van der Waals surface area contributed by atoms with Crippen molar-refractivity contribution >= 4 is 5.97 Å². The van der Waals surface area contributed by atoms with Crippen molar-refractivity contribution in [2.75, 3.05) is 14.2 Å². The number of benzene rings is 1. The van der Waals surface area contributed by atoms with Crippen molar-refractivity contribution in [1.82, 2.24) is 0 Å². The van der Waals surface area contributed by atoms with Crippen LogP contribution in [0.4, 0.5) is 0 Å². The van der Waals surface area contributed by atoms with Gasteiger partial charge in [-0.05, 0) is 24.6 Å². The SMILES string of the molecule is COC(=O)C(C)Oc1cc(CN)cc(OC)c1. The van der Waals surface area contributed by atoms with Gasteiger partial charge in [-0.1, -0.05) is 0 Å². The van der Waals surface area contributed by atoms with Gasteiger partial charge in [-0.25, -0.2) is 4.79 Å². The van der Waals surface area contributed by atoms with Gasteiger partial charge >= 0.3 is 5.97 Å². The lowest BCUT2D eigenvalue weighted by atomic mass is 10.2. The number of ether oxygens (including phenoxy) is 3. The Labute approximate surface area is 100 Å². The van der Waals surface area contributed by atoms with Crippen molar-refractivity contribution in [2.24, 2.45) is 5.73 Å². The van der Waals surface area contributed by atoms with E-state index in [2.05, 4.69) is 4.74 Å². The summed E-state index contributed by atoms with van der Waals surface area (Å²) >= 11 is 0. The number of hydrogen-bond donors (Lipinski definition) is 1. The predicted octanol–water partition coefficient (Wildman–Crippen LogP) is 1.09. The molecule has 0 spiro atoms. The summed E-state index contributed by atoms with van der Waals surface area (Å²) in [6.45, 7) is 1.99. The third kappa shape index (κ3) is 3.64. The standard InChI is InChI=1S/C12H17NO4/c1-8(12(14)16-3)17-11-5-9(7-13)4-10(6-11)15-2/h4-6,8H,7,13H2,1-3H3. The van der Waals surface area contributed by atoms with Crippen molar-refractivity contribution in [2.45, 2.75) is 19.6 Å². The van der Waals surface area contributed by atoms with Gasteiger partial charge in [0, 0.05) is 12.6 Å². The summed E-state index contributed by atoms with van der Waals surface area (Å²) in [5, 5.41) is 0. The van der Waals surface area contributed by atoms with Crippen LogP contribution in [-0.2, 0) is 16.1 Å². The fraction of sp³-hybridized carbons (Fsp3) is 0.417. The van der Waals surface area contributed by atoms with Crippen LogP contribution in [0.5, 0.6) is 11.5 Å². The van der Waals surface area contributed by atoms with Crippen LogP contribution >= 0.6 is 0 Å². The molecule has 0 amide bonds. The maximum atomic E-state index is 11.2. The minimum absolute atomic E-state index is 0.375. The molecule has 94 valence electrons. The molecule has 0 heterocycles. The van der Waals surface area contributed by atoms with Crippen LogP contribution in [0.25, 0.3) is 0 Å². The molecule has 0 bridgehead atoms. The quantitative estimate of drug-likeness (QED) is 0.779. The number of carbonyl (C=O) groups excluding carboxylic acids is 1. The van der Waals surface area contributed by atoms with E-state index in [0.29, 0.717) is 18.0 Å². The first kappa shape index (κ1) is 13.3. The molecule has 5 nitrogen and oxygen atoms in total. The van der Waals surface area contributed by atoms with Gasteiger partial charge in [0.2, 0.25) is 0 Å². The molecule has 0 aliphatic carbocycles. The first-order valence-corrected chi connectivity index (χ1v) is 5.23. The number of carbonyl (C=O) groups is 1. The molecule has 17 heavy (non-hydrogen) atoms. The molecule has 5 heteroatoms. The van der Waals surface area contributed by atoms with Crippen molar-refractivity contribution in [1.29, 1.82) is 0 Å². The van der Waals surface area contributed by atoms with Crippen molar-refractivity contribution in [3.8, 4) is 11.5 Å². The summed E-state index contributed by atoms with van der Waals surface area (Å²) in [7, 11) is 2.88. The minimum atomic E-state index is -0.669. The predicted molar refractivity (Wildman–Crippen MR) is 63.0 cm³/mol. The van der Waals surface area contributed by atoms with Crippen LogP contribution < -0.4 is 15.2 Å². The Morgan fingerprint density at radius 2 is 1.94 bits per heavy atom. The van der Waals surface area contributed by atoms with Crippen molar-refractivity contribution in [3.05, 3.63) is 23.8 Å². The van der Waals surface area contributed by atoms with E-state index in [4.69, 9.17) is 15.2 Å². The second-order valence-electron chi connectivity index (χ2n) is 3.50. The summed E-state index contributed by atoms with van der Waals surface area (Å²) in [5.41, 5.74) is 6.43. The Morgan fingerprint density at radius 3 is 2.47 bits per heavy atom. The highest BCUT2D eigenvalue weighted by Crippen LogP contribution is 2.23. The van der Waals surface area contributed by atoms with Crippen molar-refractivity contribution < 1.29 is 19.0 Å². The zero-order valence-electron chi connectivity index (χ0n) is 10.2. The second-order valence-corrected chi connectivity index (χ2v) is 3.50. The molecule has 0 fully saturated rings. The highest BCUT2D eigenvalue weighted by Gasteiger charge is 2.15. The second kappa shape index (κ2) is 6.10. The van der Waals surface area contributed by atoms with Gasteiger partial charge < -0.3 is 19.9 Å². The van der Waals surface area contributed by atoms with E-state index >= 15 is 0 Å². The minimum Gasteiger partial charge on any atom is -0.497 e. The molecule has 1 aromatic carbocycles. The number of esters is 1. The Bertz CT molecular complexity index is 370. The van der Waals surface area contributed by atoms with Gasteiger partial charge in [-0.15, -0.1) is 0 Å².